The van der Waals surface area contributed by atoms with Crippen LogP contribution in [0.25, 0.3) is 0 Å². The number of alkyl halides is 3. The van der Waals surface area contributed by atoms with Crippen LogP contribution in [-0.2, 0) is 12.6 Å². The molecular formula is C17H24F3N. The quantitative estimate of drug-likeness (QED) is 0.862. The molecule has 0 saturated heterocycles. The highest BCUT2D eigenvalue weighted by molar-refractivity contribution is 5.27. The SMILES string of the molecule is CNC(Cc1ccc(C(F)(F)F)cc1)C1C(C)(C)C1(C)C. The first-order valence-electron chi connectivity index (χ1n) is 7.35. The number of hydrogen-bond donors (Lipinski definition) is 1. The van der Waals surface area contributed by atoms with Gasteiger partial charge in [0.05, 0.1) is 5.56 Å². The zero-order valence-electron chi connectivity index (χ0n) is 13.3. The zero-order valence-corrected chi connectivity index (χ0v) is 13.3. The molecule has 1 N–H and O–H groups in total. The second-order valence-electron chi connectivity index (χ2n) is 7.22. The molecule has 1 fully saturated rings. The van der Waals surface area contributed by atoms with Gasteiger partial charge in [-0.15, -0.1) is 0 Å². The van der Waals surface area contributed by atoms with E-state index < -0.39 is 11.7 Å². The maximum absolute atomic E-state index is 12.6. The smallest absolute Gasteiger partial charge is 0.316 e. The standard InChI is InChI=1S/C17H24F3N/c1-15(2)14(16(15,3)4)13(21-5)10-11-6-8-12(9-7-11)17(18,19)20/h6-9,13-14,21H,10H2,1-5H3. The van der Waals surface area contributed by atoms with Gasteiger partial charge in [0.25, 0.3) is 0 Å². The van der Waals surface area contributed by atoms with Gasteiger partial charge in [-0.3, -0.25) is 0 Å². The van der Waals surface area contributed by atoms with Crippen molar-refractivity contribution < 1.29 is 13.2 Å². The number of rotatable bonds is 4. The van der Waals surface area contributed by atoms with E-state index in [2.05, 4.69) is 33.0 Å². The summed E-state index contributed by atoms with van der Waals surface area (Å²) >= 11 is 0. The molecule has 1 atom stereocenters. The highest BCUT2D eigenvalue weighted by Crippen LogP contribution is 2.69. The molecule has 4 heteroatoms. The van der Waals surface area contributed by atoms with Crippen molar-refractivity contribution in [3.05, 3.63) is 35.4 Å². The first-order chi connectivity index (χ1) is 9.51. The highest BCUT2D eigenvalue weighted by Gasteiger charge is 2.66. The van der Waals surface area contributed by atoms with Crippen LogP contribution in [0, 0.1) is 16.7 Å². The fourth-order valence-electron chi connectivity index (χ4n) is 3.72. The molecular weight excluding hydrogens is 275 g/mol. The minimum absolute atomic E-state index is 0.257. The van der Waals surface area contributed by atoms with Gasteiger partial charge < -0.3 is 5.32 Å². The lowest BCUT2D eigenvalue weighted by molar-refractivity contribution is -0.137. The summed E-state index contributed by atoms with van der Waals surface area (Å²) in [4.78, 5) is 0. The first-order valence-corrected chi connectivity index (χ1v) is 7.35. The van der Waals surface area contributed by atoms with E-state index in [1.807, 2.05) is 7.05 Å². The monoisotopic (exact) mass is 299 g/mol. The zero-order chi connectivity index (χ0) is 16.1. The van der Waals surface area contributed by atoms with Gasteiger partial charge in [0.1, 0.15) is 0 Å². The van der Waals surface area contributed by atoms with Crippen molar-refractivity contribution in [2.24, 2.45) is 16.7 Å². The van der Waals surface area contributed by atoms with E-state index in [9.17, 15) is 13.2 Å². The minimum Gasteiger partial charge on any atom is -0.316 e. The lowest BCUT2D eigenvalue weighted by atomic mass is 9.96. The first kappa shape index (κ1) is 16.3. The predicted octanol–water partition coefficient (Wildman–Crippen LogP) is 4.52. The molecule has 21 heavy (non-hydrogen) atoms. The Morgan fingerprint density at radius 3 is 1.86 bits per heavy atom. The number of benzene rings is 1. The molecule has 0 aliphatic heterocycles. The molecule has 0 radical (unpaired) electrons. The Bertz CT molecular complexity index is 486. The van der Waals surface area contributed by atoms with Crippen LogP contribution in [0.5, 0.6) is 0 Å². The lowest BCUT2D eigenvalue weighted by Crippen LogP contribution is -2.32. The van der Waals surface area contributed by atoms with Crippen molar-refractivity contribution >= 4 is 0 Å². The van der Waals surface area contributed by atoms with Crippen molar-refractivity contribution in [1.29, 1.82) is 0 Å². The van der Waals surface area contributed by atoms with Crippen LogP contribution in [-0.4, -0.2) is 13.1 Å². The normalized spacial score (nSPS) is 22.1. The van der Waals surface area contributed by atoms with Crippen LogP contribution in [0.2, 0.25) is 0 Å². The van der Waals surface area contributed by atoms with Crippen molar-refractivity contribution in [3.63, 3.8) is 0 Å². The molecule has 0 amide bonds. The number of nitrogens with one attached hydrogen (secondary N) is 1. The van der Waals surface area contributed by atoms with Crippen LogP contribution in [0.4, 0.5) is 13.2 Å². The molecule has 0 spiro atoms. The van der Waals surface area contributed by atoms with E-state index >= 15 is 0 Å². The fraction of sp³-hybridized carbons (Fsp3) is 0.647. The fourth-order valence-corrected chi connectivity index (χ4v) is 3.72. The van der Waals surface area contributed by atoms with E-state index in [1.54, 1.807) is 12.1 Å². The van der Waals surface area contributed by atoms with E-state index in [-0.39, 0.29) is 16.9 Å². The molecule has 0 heterocycles. The van der Waals surface area contributed by atoms with Crippen molar-refractivity contribution in [2.45, 2.75) is 46.3 Å². The summed E-state index contributed by atoms with van der Waals surface area (Å²) in [5.74, 6) is 0.525. The Balaban J connectivity index is 2.10. The van der Waals surface area contributed by atoms with Crippen LogP contribution >= 0.6 is 0 Å². The highest BCUT2D eigenvalue weighted by atomic mass is 19.4. The van der Waals surface area contributed by atoms with Gasteiger partial charge in [-0.25, -0.2) is 0 Å². The average Bonchev–Trinajstić information content (AvgIpc) is 2.77. The van der Waals surface area contributed by atoms with Gasteiger partial charge in [0, 0.05) is 6.04 Å². The van der Waals surface area contributed by atoms with Gasteiger partial charge >= 0.3 is 6.18 Å². The third kappa shape index (κ3) is 2.83. The number of hydrogen-bond acceptors (Lipinski definition) is 1. The molecule has 1 aromatic carbocycles. The van der Waals surface area contributed by atoms with Gasteiger partial charge in [0.15, 0.2) is 0 Å². The van der Waals surface area contributed by atoms with Gasteiger partial charge in [-0.1, -0.05) is 39.8 Å². The van der Waals surface area contributed by atoms with Crippen molar-refractivity contribution in [1.82, 2.24) is 5.32 Å². The van der Waals surface area contributed by atoms with Crippen molar-refractivity contribution in [3.8, 4) is 0 Å². The molecule has 0 aromatic heterocycles. The molecule has 1 aliphatic carbocycles. The van der Waals surface area contributed by atoms with Crippen molar-refractivity contribution in [2.75, 3.05) is 7.05 Å². The molecule has 118 valence electrons. The third-order valence-corrected chi connectivity index (χ3v) is 5.64. The van der Waals surface area contributed by atoms with E-state index in [0.29, 0.717) is 5.92 Å². The van der Waals surface area contributed by atoms with Crippen LogP contribution in [0.15, 0.2) is 24.3 Å². The van der Waals surface area contributed by atoms with Gasteiger partial charge in [-0.05, 0) is 47.9 Å². The lowest BCUT2D eigenvalue weighted by Gasteiger charge is -2.19. The molecule has 1 unspecified atom stereocenters. The summed E-state index contributed by atoms with van der Waals surface area (Å²) in [5.41, 5.74) is 0.874. The number of likely N-dealkylation sites (N-methyl/N-ethyl adjacent to an activating group) is 1. The predicted molar refractivity (Wildman–Crippen MR) is 79.0 cm³/mol. The molecule has 1 aliphatic rings. The topological polar surface area (TPSA) is 12.0 Å². The van der Waals surface area contributed by atoms with Gasteiger partial charge in [-0.2, -0.15) is 13.2 Å². The molecule has 1 saturated carbocycles. The minimum atomic E-state index is -4.26. The van der Waals surface area contributed by atoms with E-state index in [4.69, 9.17) is 0 Å². The Morgan fingerprint density at radius 2 is 1.52 bits per heavy atom. The molecule has 2 rings (SSSR count). The summed E-state index contributed by atoms with van der Waals surface area (Å²) in [6, 6.07) is 5.81. The average molecular weight is 299 g/mol. The van der Waals surface area contributed by atoms with Crippen LogP contribution < -0.4 is 5.32 Å². The largest absolute Gasteiger partial charge is 0.416 e. The summed E-state index contributed by atoms with van der Waals surface area (Å²) in [7, 11) is 1.93. The summed E-state index contributed by atoms with van der Waals surface area (Å²) in [6.07, 6.45) is -3.51. The Morgan fingerprint density at radius 1 is 1.05 bits per heavy atom. The molecule has 1 aromatic rings. The summed E-state index contributed by atoms with van der Waals surface area (Å²) in [5, 5.41) is 3.35. The summed E-state index contributed by atoms with van der Waals surface area (Å²) < 4.78 is 37.7. The van der Waals surface area contributed by atoms with Gasteiger partial charge in [0.2, 0.25) is 0 Å². The van der Waals surface area contributed by atoms with E-state index in [1.165, 1.54) is 12.1 Å². The molecule has 1 nitrogen and oxygen atoms in total. The van der Waals surface area contributed by atoms with Crippen LogP contribution in [0.1, 0.15) is 38.8 Å². The Labute approximate surface area is 124 Å². The van der Waals surface area contributed by atoms with E-state index in [0.717, 1.165) is 12.0 Å². The third-order valence-electron chi connectivity index (χ3n) is 5.64. The maximum Gasteiger partial charge on any atom is 0.416 e. The number of halogens is 3. The maximum atomic E-state index is 12.6. The second-order valence-corrected chi connectivity index (χ2v) is 7.22. The summed E-state index contributed by atoms with van der Waals surface area (Å²) in [6.45, 7) is 9.03. The molecule has 0 bridgehead atoms. The van der Waals surface area contributed by atoms with Crippen LogP contribution in [0.3, 0.4) is 0 Å². The Kier molecular flexibility index (Phi) is 3.90. The second kappa shape index (κ2) is 5.01. The Hall–Kier alpha value is -1.03.